The van der Waals surface area contributed by atoms with Crippen molar-refractivity contribution in [1.82, 2.24) is 19.5 Å². The number of aromatic nitrogens is 4. The summed E-state index contributed by atoms with van der Waals surface area (Å²) in [7, 11) is 0. The minimum atomic E-state index is -1.25. The van der Waals surface area contributed by atoms with E-state index < -0.39 is 30.6 Å². The molecule has 3 rings (SSSR count). The van der Waals surface area contributed by atoms with Gasteiger partial charge in [0, 0.05) is 0 Å². The van der Waals surface area contributed by atoms with Crippen LogP contribution in [-0.2, 0) is 4.74 Å². The van der Waals surface area contributed by atoms with Crippen molar-refractivity contribution in [2.45, 2.75) is 31.0 Å². The lowest BCUT2D eigenvalue weighted by Crippen LogP contribution is -2.43. The molecule has 0 aliphatic carbocycles. The predicted octanol–water partition coefficient (Wildman–Crippen LogP) is -1.59. The molecule has 0 bridgehead atoms. The lowest BCUT2D eigenvalue weighted by Gasteiger charge is -2.24. The fourth-order valence-electron chi connectivity index (χ4n) is 2.34. The van der Waals surface area contributed by atoms with E-state index in [0.29, 0.717) is 11.2 Å². The van der Waals surface area contributed by atoms with Gasteiger partial charge in [-0.1, -0.05) is 0 Å². The van der Waals surface area contributed by atoms with Crippen LogP contribution in [0.4, 0.5) is 5.82 Å². The van der Waals surface area contributed by atoms with Crippen LogP contribution in [0.3, 0.4) is 0 Å². The molecule has 0 spiro atoms. The van der Waals surface area contributed by atoms with Crippen molar-refractivity contribution in [1.29, 1.82) is 0 Å². The molecule has 0 radical (unpaired) electrons. The maximum atomic E-state index is 10.1. The van der Waals surface area contributed by atoms with Crippen molar-refractivity contribution in [3.63, 3.8) is 0 Å². The van der Waals surface area contributed by atoms with E-state index in [1.54, 1.807) is 0 Å². The summed E-state index contributed by atoms with van der Waals surface area (Å²) in [5, 5.41) is 29.4. The van der Waals surface area contributed by atoms with Crippen molar-refractivity contribution in [2.75, 3.05) is 12.3 Å². The number of nitrogen functional groups attached to an aromatic ring is 1. The van der Waals surface area contributed by atoms with Gasteiger partial charge in [-0.25, -0.2) is 15.0 Å². The summed E-state index contributed by atoms with van der Waals surface area (Å²) < 4.78 is 7.05. The summed E-state index contributed by atoms with van der Waals surface area (Å²) in [5.74, 6) is 0.215. The molecule has 2 aromatic heterocycles. The molecule has 9 nitrogen and oxygen atoms in total. The molecule has 108 valence electrons. The van der Waals surface area contributed by atoms with E-state index in [2.05, 4.69) is 15.0 Å². The maximum absolute atomic E-state index is 10.1. The number of hydrogen-bond donors (Lipinski definition) is 4. The highest BCUT2D eigenvalue weighted by atomic mass is 16.6. The fourth-order valence-corrected chi connectivity index (χ4v) is 2.34. The van der Waals surface area contributed by atoms with E-state index in [-0.39, 0.29) is 5.82 Å². The number of rotatable bonds is 2. The van der Waals surface area contributed by atoms with Crippen molar-refractivity contribution in [3.05, 3.63) is 12.7 Å². The number of fused-ring (bicyclic) bond motifs is 1. The Morgan fingerprint density at radius 2 is 2.15 bits per heavy atom. The largest absolute Gasteiger partial charge is 0.393 e. The summed E-state index contributed by atoms with van der Waals surface area (Å²) in [6.07, 6.45) is -0.686. The van der Waals surface area contributed by atoms with Crippen LogP contribution in [0.15, 0.2) is 12.7 Å². The number of hydrogen-bond acceptors (Lipinski definition) is 8. The van der Waals surface area contributed by atoms with Crippen LogP contribution < -0.4 is 5.73 Å². The number of nitrogens with two attached hydrogens (primary N) is 1. The van der Waals surface area contributed by atoms with Gasteiger partial charge >= 0.3 is 0 Å². The fraction of sp³-hybridized carbons (Fsp3) is 0.545. The molecule has 3 unspecified atom stereocenters. The first-order valence-electron chi connectivity index (χ1n) is 6.06. The van der Waals surface area contributed by atoms with Gasteiger partial charge in [-0.15, -0.1) is 0 Å². The van der Waals surface area contributed by atoms with Gasteiger partial charge in [0.05, 0.1) is 12.9 Å². The van der Waals surface area contributed by atoms with Crippen LogP contribution in [0.2, 0.25) is 0 Å². The summed E-state index contributed by atoms with van der Waals surface area (Å²) in [6.45, 7) is 1.09. The summed E-state index contributed by atoms with van der Waals surface area (Å²) >= 11 is 0. The van der Waals surface area contributed by atoms with Crippen LogP contribution in [0, 0.1) is 0 Å². The molecule has 0 amide bonds. The minimum Gasteiger partial charge on any atom is -0.393 e. The van der Waals surface area contributed by atoms with E-state index in [0.717, 1.165) is 0 Å². The lowest BCUT2D eigenvalue weighted by atomic mass is 9.99. The van der Waals surface area contributed by atoms with Crippen molar-refractivity contribution in [2.24, 2.45) is 0 Å². The number of aliphatic hydroxyl groups excluding tert-OH is 3. The standard InChI is InChI=1S/C11H15N5O4/c1-11(2-17)7(19)6(18)10(20-11)16-4-15-5-8(12)13-3-14-9(5)16/h3-4,6-7,10,17-19H,2H2,1H3,(H2,12,13,14)/t6?,7?,10?,11-/m1/s1. The second kappa shape index (κ2) is 4.35. The highest BCUT2D eigenvalue weighted by Crippen LogP contribution is 2.37. The Balaban J connectivity index is 2.06. The van der Waals surface area contributed by atoms with Gasteiger partial charge in [0.15, 0.2) is 17.7 Å². The second-order valence-corrected chi connectivity index (χ2v) is 5.00. The zero-order chi connectivity index (χ0) is 14.5. The quantitative estimate of drug-likeness (QED) is 0.516. The molecule has 1 aliphatic rings. The Hall–Kier alpha value is -1.81. The van der Waals surface area contributed by atoms with E-state index in [1.165, 1.54) is 24.1 Å². The number of aliphatic hydroxyl groups is 3. The van der Waals surface area contributed by atoms with Crippen molar-refractivity contribution < 1.29 is 20.1 Å². The van der Waals surface area contributed by atoms with Gasteiger partial charge in [0.2, 0.25) is 0 Å². The summed E-state index contributed by atoms with van der Waals surface area (Å²) in [6, 6.07) is 0. The zero-order valence-electron chi connectivity index (χ0n) is 10.7. The van der Waals surface area contributed by atoms with Gasteiger partial charge in [-0.05, 0) is 6.92 Å². The van der Waals surface area contributed by atoms with E-state index >= 15 is 0 Å². The minimum absolute atomic E-state index is 0.215. The molecule has 20 heavy (non-hydrogen) atoms. The Morgan fingerprint density at radius 3 is 2.80 bits per heavy atom. The molecule has 9 heteroatoms. The van der Waals surface area contributed by atoms with Crippen LogP contribution >= 0.6 is 0 Å². The van der Waals surface area contributed by atoms with Crippen LogP contribution in [0.5, 0.6) is 0 Å². The Labute approximate surface area is 113 Å². The molecule has 1 fully saturated rings. The number of anilines is 1. The maximum Gasteiger partial charge on any atom is 0.167 e. The molecule has 1 aliphatic heterocycles. The van der Waals surface area contributed by atoms with Crippen LogP contribution in [0.25, 0.3) is 11.2 Å². The van der Waals surface area contributed by atoms with E-state index in [1.807, 2.05) is 0 Å². The molecular weight excluding hydrogens is 266 g/mol. The topological polar surface area (TPSA) is 140 Å². The number of ether oxygens (including phenoxy) is 1. The van der Waals surface area contributed by atoms with E-state index in [4.69, 9.17) is 10.5 Å². The van der Waals surface area contributed by atoms with E-state index in [9.17, 15) is 15.3 Å². The molecule has 0 aromatic carbocycles. The zero-order valence-corrected chi connectivity index (χ0v) is 10.7. The van der Waals surface area contributed by atoms with Crippen molar-refractivity contribution >= 4 is 17.0 Å². The first-order chi connectivity index (χ1) is 9.48. The predicted molar refractivity (Wildman–Crippen MR) is 67.4 cm³/mol. The first kappa shape index (κ1) is 13.2. The van der Waals surface area contributed by atoms with Crippen molar-refractivity contribution in [3.8, 4) is 0 Å². The number of imidazole rings is 1. The van der Waals surface area contributed by atoms with Gasteiger partial charge in [0.25, 0.3) is 0 Å². The average molecular weight is 281 g/mol. The monoisotopic (exact) mass is 281 g/mol. The Kier molecular flexibility index (Phi) is 2.87. The second-order valence-electron chi connectivity index (χ2n) is 5.00. The third-order valence-corrected chi connectivity index (χ3v) is 3.61. The molecule has 1 saturated heterocycles. The summed E-state index contributed by atoms with van der Waals surface area (Å²) in [4.78, 5) is 12.0. The highest BCUT2D eigenvalue weighted by molar-refractivity contribution is 5.81. The lowest BCUT2D eigenvalue weighted by molar-refractivity contribution is -0.115. The Morgan fingerprint density at radius 1 is 1.40 bits per heavy atom. The molecular formula is C11H15N5O4. The SMILES string of the molecule is C[C@]1(CO)OC(n2cnc3c(N)ncnc32)C(O)C1O. The smallest absolute Gasteiger partial charge is 0.167 e. The third-order valence-electron chi connectivity index (χ3n) is 3.61. The van der Waals surface area contributed by atoms with Gasteiger partial charge in [-0.3, -0.25) is 4.57 Å². The molecule has 2 aromatic rings. The molecule has 5 N–H and O–H groups in total. The van der Waals surface area contributed by atoms with Crippen LogP contribution in [0.1, 0.15) is 13.2 Å². The van der Waals surface area contributed by atoms with Gasteiger partial charge < -0.3 is 25.8 Å². The number of nitrogens with zero attached hydrogens (tertiary/aromatic N) is 4. The molecule has 0 saturated carbocycles. The van der Waals surface area contributed by atoms with Gasteiger partial charge in [-0.2, -0.15) is 0 Å². The third kappa shape index (κ3) is 1.68. The molecule has 4 atom stereocenters. The first-order valence-corrected chi connectivity index (χ1v) is 6.06. The normalized spacial score (nSPS) is 33.9. The molecule has 3 heterocycles. The summed E-state index contributed by atoms with van der Waals surface area (Å²) in [5.41, 5.74) is 5.21. The average Bonchev–Trinajstić information content (AvgIpc) is 2.96. The highest BCUT2D eigenvalue weighted by Gasteiger charge is 2.52. The Bertz CT molecular complexity index is 647. The van der Waals surface area contributed by atoms with Crippen LogP contribution in [-0.4, -0.2) is 59.3 Å². The van der Waals surface area contributed by atoms with Gasteiger partial charge in [0.1, 0.15) is 29.7 Å².